The quantitative estimate of drug-likeness (QED) is 0.580. The maximum absolute atomic E-state index is 5.46. The van der Waals surface area contributed by atoms with Gasteiger partial charge in [-0.3, -0.25) is 0 Å². The third kappa shape index (κ3) is 4.04. The Bertz CT molecular complexity index is 408. The van der Waals surface area contributed by atoms with Crippen LogP contribution in [-0.2, 0) is 11.3 Å². The van der Waals surface area contributed by atoms with E-state index in [9.17, 15) is 0 Å². The number of anilines is 2. The van der Waals surface area contributed by atoms with Crippen LogP contribution in [0, 0.1) is 0 Å². The van der Waals surface area contributed by atoms with Gasteiger partial charge in [-0.2, -0.15) is 0 Å². The Balaban J connectivity index is 3.05. The fourth-order valence-electron chi connectivity index (χ4n) is 1.53. The summed E-state index contributed by atoms with van der Waals surface area (Å²) in [7, 11) is 2.02. The molecule has 0 saturated heterocycles. The molecule has 0 aliphatic rings. The first kappa shape index (κ1) is 15.7. The van der Waals surface area contributed by atoms with Crippen molar-refractivity contribution in [2.75, 3.05) is 24.0 Å². The highest BCUT2D eigenvalue weighted by Crippen LogP contribution is 2.24. The van der Waals surface area contributed by atoms with E-state index in [2.05, 4.69) is 41.1 Å². The third-order valence-corrected chi connectivity index (χ3v) is 3.46. The van der Waals surface area contributed by atoms with Gasteiger partial charge in [-0.05, 0) is 27.2 Å². The Hall–Kier alpha value is -1.40. The SMILES string of the molecule is CCOCc1nc(NN)cc(N(C)C(C)(C)CC)n1. The molecule has 6 nitrogen and oxygen atoms in total. The molecule has 3 N–H and O–H groups in total. The van der Waals surface area contributed by atoms with Crippen molar-refractivity contribution >= 4 is 11.6 Å². The van der Waals surface area contributed by atoms with Crippen LogP contribution in [0.2, 0.25) is 0 Å². The summed E-state index contributed by atoms with van der Waals surface area (Å²) in [4.78, 5) is 10.9. The summed E-state index contributed by atoms with van der Waals surface area (Å²) >= 11 is 0. The standard InChI is InChI=1S/C13H25N5O/c1-6-13(3,4)18(5)12-8-10(17-14)15-11(16-12)9-19-7-2/h8H,6-7,9,14H2,1-5H3,(H,15,16,17). The molecule has 1 aromatic rings. The van der Waals surface area contributed by atoms with Gasteiger partial charge in [0.1, 0.15) is 18.2 Å². The summed E-state index contributed by atoms with van der Waals surface area (Å²) in [5.41, 5.74) is 2.59. The van der Waals surface area contributed by atoms with Crippen molar-refractivity contribution in [2.24, 2.45) is 5.84 Å². The Morgan fingerprint density at radius 1 is 1.37 bits per heavy atom. The minimum atomic E-state index is 0.0170. The molecule has 0 atom stereocenters. The van der Waals surface area contributed by atoms with Crippen molar-refractivity contribution in [3.8, 4) is 0 Å². The minimum Gasteiger partial charge on any atom is -0.374 e. The van der Waals surface area contributed by atoms with Crippen LogP contribution in [0.4, 0.5) is 11.6 Å². The molecule has 1 heterocycles. The highest BCUT2D eigenvalue weighted by molar-refractivity contribution is 5.49. The van der Waals surface area contributed by atoms with Gasteiger partial charge in [0.15, 0.2) is 5.82 Å². The van der Waals surface area contributed by atoms with Crippen LogP contribution < -0.4 is 16.2 Å². The zero-order valence-electron chi connectivity index (χ0n) is 12.5. The van der Waals surface area contributed by atoms with Crippen molar-refractivity contribution in [2.45, 2.75) is 46.3 Å². The van der Waals surface area contributed by atoms with Gasteiger partial charge >= 0.3 is 0 Å². The molecule has 0 aliphatic heterocycles. The molecule has 19 heavy (non-hydrogen) atoms. The molecular weight excluding hydrogens is 242 g/mol. The topological polar surface area (TPSA) is 76.3 Å². The first-order chi connectivity index (χ1) is 8.94. The van der Waals surface area contributed by atoms with Crippen molar-refractivity contribution in [3.63, 3.8) is 0 Å². The van der Waals surface area contributed by atoms with Gasteiger partial charge in [0.05, 0.1) is 0 Å². The molecule has 1 aromatic heterocycles. The van der Waals surface area contributed by atoms with Crippen molar-refractivity contribution in [1.82, 2.24) is 9.97 Å². The zero-order chi connectivity index (χ0) is 14.5. The van der Waals surface area contributed by atoms with E-state index in [0.717, 1.165) is 12.2 Å². The molecule has 0 bridgehead atoms. The molecule has 0 aliphatic carbocycles. The third-order valence-electron chi connectivity index (χ3n) is 3.46. The molecule has 0 spiro atoms. The lowest BCUT2D eigenvalue weighted by Gasteiger charge is -2.36. The van der Waals surface area contributed by atoms with E-state index < -0.39 is 0 Å². The molecule has 0 aromatic carbocycles. The smallest absolute Gasteiger partial charge is 0.158 e. The number of aromatic nitrogens is 2. The van der Waals surface area contributed by atoms with Crippen LogP contribution in [-0.4, -0.2) is 29.2 Å². The number of ether oxygens (including phenoxy) is 1. The summed E-state index contributed by atoms with van der Waals surface area (Å²) in [5.74, 6) is 7.52. The molecule has 6 heteroatoms. The lowest BCUT2D eigenvalue weighted by Crippen LogP contribution is -2.41. The minimum absolute atomic E-state index is 0.0170. The van der Waals surface area contributed by atoms with Gasteiger partial charge in [0.25, 0.3) is 0 Å². The van der Waals surface area contributed by atoms with Gasteiger partial charge in [0, 0.05) is 25.3 Å². The van der Waals surface area contributed by atoms with Crippen LogP contribution >= 0.6 is 0 Å². The van der Waals surface area contributed by atoms with Gasteiger partial charge in [-0.25, -0.2) is 15.8 Å². The normalized spacial score (nSPS) is 11.5. The van der Waals surface area contributed by atoms with Crippen molar-refractivity contribution in [1.29, 1.82) is 0 Å². The van der Waals surface area contributed by atoms with E-state index in [-0.39, 0.29) is 5.54 Å². The first-order valence-corrected chi connectivity index (χ1v) is 6.60. The van der Waals surface area contributed by atoms with E-state index >= 15 is 0 Å². The van der Waals surface area contributed by atoms with E-state index in [0.29, 0.717) is 24.9 Å². The average Bonchev–Trinajstić information content (AvgIpc) is 2.43. The maximum atomic E-state index is 5.46. The van der Waals surface area contributed by atoms with Crippen LogP contribution in [0.5, 0.6) is 0 Å². The molecule has 0 unspecified atom stereocenters. The van der Waals surface area contributed by atoms with E-state index in [1.165, 1.54) is 0 Å². The number of nitrogen functional groups attached to an aromatic ring is 1. The lowest BCUT2D eigenvalue weighted by molar-refractivity contribution is 0.128. The van der Waals surface area contributed by atoms with Gasteiger partial charge in [-0.1, -0.05) is 6.92 Å². The van der Waals surface area contributed by atoms with Gasteiger partial charge in [-0.15, -0.1) is 0 Å². The Morgan fingerprint density at radius 2 is 2.05 bits per heavy atom. The molecule has 0 radical (unpaired) electrons. The zero-order valence-corrected chi connectivity index (χ0v) is 12.5. The highest BCUT2D eigenvalue weighted by atomic mass is 16.5. The number of hydrogen-bond acceptors (Lipinski definition) is 6. The number of rotatable bonds is 7. The molecule has 1 rings (SSSR count). The van der Waals surface area contributed by atoms with E-state index in [4.69, 9.17) is 10.6 Å². The van der Waals surface area contributed by atoms with Gasteiger partial charge < -0.3 is 15.1 Å². The second-order valence-corrected chi connectivity index (χ2v) is 5.03. The van der Waals surface area contributed by atoms with Crippen LogP contribution in [0.15, 0.2) is 6.07 Å². The molecular formula is C13H25N5O. The summed E-state index contributed by atoms with van der Waals surface area (Å²) in [6.45, 7) is 9.47. The first-order valence-electron chi connectivity index (χ1n) is 6.60. The van der Waals surface area contributed by atoms with Gasteiger partial charge in [0.2, 0.25) is 0 Å². The lowest BCUT2D eigenvalue weighted by atomic mass is 10.00. The molecule has 108 valence electrons. The average molecular weight is 267 g/mol. The summed E-state index contributed by atoms with van der Waals surface area (Å²) in [5, 5.41) is 0. The number of nitrogens with two attached hydrogens (primary N) is 1. The van der Waals surface area contributed by atoms with Crippen molar-refractivity contribution in [3.05, 3.63) is 11.9 Å². The predicted octanol–water partition coefficient (Wildman–Crippen LogP) is 1.92. The van der Waals surface area contributed by atoms with E-state index in [1.807, 2.05) is 20.0 Å². The Labute approximate surface area is 115 Å². The Kier molecular flexibility index (Phi) is 5.50. The van der Waals surface area contributed by atoms with Crippen LogP contribution in [0.3, 0.4) is 0 Å². The number of nitrogens with zero attached hydrogens (tertiary/aromatic N) is 3. The fourth-order valence-corrected chi connectivity index (χ4v) is 1.53. The number of hydrogen-bond donors (Lipinski definition) is 2. The number of nitrogens with one attached hydrogen (secondary N) is 1. The highest BCUT2D eigenvalue weighted by Gasteiger charge is 2.23. The summed E-state index contributed by atoms with van der Waals surface area (Å²) < 4.78 is 5.35. The van der Waals surface area contributed by atoms with Crippen LogP contribution in [0.25, 0.3) is 0 Å². The number of hydrazine groups is 1. The second kappa shape index (κ2) is 6.68. The summed E-state index contributed by atoms with van der Waals surface area (Å²) in [6, 6.07) is 1.84. The molecule has 0 saturated carbocycles. The summed E-state index contributed by atoms with van der Waals surface area (Å²) in [6.07, 6.45) is 1.01. The largest absolute Gasteiger partial charge is 0.374 e. The van der Waals surface area contributed by atoms with Crippen LogP contribution in [0.1, 0.15) is 39.9 Å². The van der Waals surface area contributed by atoms with Crippen molar-refractivity contribution < 1.29 is 4.74 Å². The molecule has 0 amide bonds. The fraction of sp³-hybridized carbons (Fsp3) is 0.692. The monoisotopic (exact) mass is 267 g/mol. The maximum Gasteiger partial charge on any atom is 0.158 e. The Morgan fingerprint density at radius 3 is 2.58 bits per heavy atom. The van der Waals surface area contributed by atoms with E-state index in [1.54, 1.807) is 0 Å². The second-order valence-electron chi connectivity index (χ2n) is 5.03. The molecule has 0 fully saturated rings. The predicted molar refractivity (Wildman–Crippen MR) is 77.9 cm³/mol.